The van der Waals surface area contributed by atoms with Crippen LogP contribution in [0, 0.1) is 17.7 Å². The quantitative estimate of drug-likeness (QED) is 0.790. The van der Waals surface area contributed by atoms with Crippen LogP contribution in [0.3, 0.4) is 0 Å². The minimum atomic E-state index is -0.755. The first-order valence-electron chi connectivity index (χ1n) is 10.3. The average Bonchev–Trinajstić information content (AvgIpc) is 3.36. The van der Waals surface area contributed by atoms with Crippen LogP contribution in [0.2, 0.25) is 0 Å². The summed E-state index contributed by atoms with van der Waals surface area (Å²) >= 11 is 0. The third-order valence-corrected chi connectivity index (χ3v) is 7.25. The molecule has 2 aromatic rings. The standard InChI is InChI=1S/C22H20FN3O4/c23-13-3-1-11(2-4-13)10-25-8-6-14-16(20(25)29)18(27)21(30)26-17(14)19(28)24-22(26)7-5-12-9-15(12)22/h1-4,12,15,27H,5-10H2,(H,24,28)/t12-,15+,22?/m0/s1. The van der Waals surface area contributed by atoms with E-state index in [0.717, 1.165) is 18.4 Å². The van der Waals surface area contributed by atoms with Gasteiger partial charge in [-0.25, -0.2) is 4.39 Å². The molecule has 2 aliphatic heterocycles. The summed E-state index contributed by atoms with van der Waals surface area (Å²) in [5.41, 5.74) is -0.0764. The fourth-order valence-corrected chi connectivity index (χ4v) is 5.76. The van der Waals surface area contributed by atoms with Crippen molar-refractivity contribution < 1.29 is 19.1 Å². The number of pyridine rings is 1. The molecule has 30 heavy (non-hydrogen) atoms. The molecular weight excluding hydrogens is 389 g/mol. The van der Waals surface area contributed by atoms with Crippen molar-refractivity contribution in [3.05, 3.63) is 62.8 Å². The Morgan fingerprint density at radius 3 is 2.63 bits per heavy atom. The third-order valence-electron chi connectivity index (χ3n) is 7.25. The molecule has 0 bridgehead atoms. The summed E-state index contributed by atoms with van der Waals surface area (Å²) in [5.74, 6) is -1.04. The molecule has 1 aromatic heterocycles. The van der Waals surface area contributed by atoms with Gasteiger partial charge in [0, 0.05) is 24.6 Å². The second kappa shape index (κ2) is 5.71. The highest BCUT2D eigenvalue weighted by Gasteiger charge is 2.63. The first-order valence-corrected chi connectivity index (χ1v) is 10.3. The first kappa shape index (κ1) is 17.7. The highest BCUT2D eigenvalue weighted by molar-refractivity contribution is 6.05. The van der Waals surface area contributed by atoms with E-state index in [-0.39, 0.29) is 35.4 Å². The highest BCUT2D eigenvalue weighted by Crippen LogP contribution is 2.61. The van der Waals surface area contributed by atoms with Crippen LogP contribution in [-0.2, 0) is 18.6 Å². The van der Waals surface area contributed by atoms with Crippen LogP contribution < -0.4 is 10.9 Å². The maximum absolute atomic E-state index is 13.2. The Balaban J connectivity index is 1.44. The van der Waals surface area contributed by atoms with E-state index in [1.54, 1.807) is 12.1 Å². The molecule has 2 aliphatic carbocycles. The molecule has 1 spiro atoms. The summed E-state index contributed by atoms with van der Waals surface area (Å²) in [5, 5.41) is 13.8. The lowest BCUT2D eigenvalue weighted by molar-refractivity contribution is 0.0721. The Hall–Kier alpha value is -3.16. The summed E-state index contributed by atoms with van der Waals surface area (Å²) in [4.78, 5) is 40.8. The summed E-state index contributed by atoms with van der Waals surface area (Å²) < 4.78 is 14.6. The molecule has 7 nitrogen and oxygen atoms in total. The normalized spacial score (nSPS) is 28.4. The third kappa shape index (κ3) is 2.16. The van der Waals surface area contributed by atoms with E-state index in [0.29, 0.717) is 30.9 Å². The Bertz CT molecular complexity index is 1190. The number of aromatic hydroxyl groups is 1. The topological polar surface area (TPSA) is 91.6 Å². The molecule has 6 rings (SSSR count). The molecule has 3 atom stereocenters. The Labute approximate surface area is 171 Å². The van der Waals surface area contributed by atoms with Gasteiger partial charge >= 0.3 is 0 Å². The number of benzene rings is 1. The number of nitrogens with one attached hydrogen (secondary N) is 1. The molecule has 2 amide bonds. The monoisotopic (exact) mass is 409 g/mol. The predicted octanol–water partition coefficient (Wildman–Crippen LogP) is 1.72. The van der Waals surface area contributed by atoms with Crippen molar-refractivity contribution >= 4 is 11.8 Å². The van der Waals surface area contributed by atoms with Gasteiger partial charge in [-0.2, -0.15) is 0 Å². The van der Waals surface area contributed by atoms with E-state index in [1.807, 2.05) is 0 Å². The molecule has 2 fully saturated rings. The van der Waals surface area contributed by atoms with Gasteiger partial charge in [0.25, 0.3) is 17.4 Å². The number of carbonyl (C=O) groups is 2. The second-order valence-electron chi connectivity index (χ2n) is 8.81. The zero-order valence-corrected chi connectivity index (χ0v) is 16.2. The minimum Gasteiger partial charge on any atom is -0.502 e. The van der Waals surface area contributed by atoms with Gasteiger partial charge in [-0.3, -0.25) is 19.0 Å². The number of rotatable bonds is 2. The van der Waals surface area contributed by atoms with Gasteiger partial charge in [0.1, 0.15) is 17.2 Å². The van der Waals surface area contributed by atoms with Crippen molar-refractivity contribution in [3.63, 3.8) is 0 Å². The Morgan fingerprint density at radius 1 is 1.20 bits per heavy atom. The molecule has 4 aliphatic rings. The highest BCUT2D eigenvalue weighted by atomic mass is 19.1. The maximum atomic E-state index is 13.2. The largest absolute Gasteiger partial charge is 0.502 e. The molecule has 3 heterocycles. The van der Waals surface area contributed by atoms with Gasteiger partial charge in [-0.15, -0.1) is 0 Å². The van der Waals surface area contributed by atoms with E-state index in [1.165, 1.54) is 21.6 Å². The molecule has 2 saturated carbocycles. The van der Waals surface area contributed by atoms with Crippen LogP contribution in [0.5, 0.6) is 5.75 Å². The number of hydrogen-bond acceptors (Lipinski definition) is 4. The maximum Gasteiger partial charge on any atom is 0.296 e. The van der Waals surface area contributed by atoms with Crippen LogP contribution in [0.1, 0.15) is 51.2 Å². The zero-order chi connectivity index (χ0) is 20.8. The molecule has 0 radical (unpaired) electrons. The molecule has 1 aromatic carbocycles. The van der Waals surface area contributed by atoms with Crippen molar-refractivity contribution in [3.8, 4) is 5.75 Å². The van der Waals surface area contributed by atoms with Gasteiger partial charge < -0.3 is 15.3 Å². The van der Waals surface area contributed by atoms with Crippen LogP contribution in [0.4, 0.5) is 4.39 Å². The van der Waals surface area contributed by atoms with Gasteiger partial charge in [-0.1, -0.05) is 12.1 Å². The van der Waals surface area contributed by atoms with Crippen LogP contribution in [0.25, 0.3) is 0 Å². The Morgan fingerprint density at radius 2 is 1.97 bits per heavy atom. The van der Waals surface area contributed by atoms with E-state index in [4.69, 9.17) is 0 Å². The second-order valence-corrected chi connectivity index (χ2v) is 8.81. The lowest BCUT2D eigenvalue weighted by atomic mass is 9.95. The smallest absolute Gasteiger partial charge is 0.296 e. The van der Waals surface area contributed by atoms with Gasteiger partial charge in [0.15, 0.2) is 5.75 Å². The van der Waals surface area contributed by atoms with Crippen LogP contribution in [0.15, 0.2) is 29.1 Å². The van der Waals surface area contributed by atoms with Crippen molar-refractivity contribution in [1.29, 1.82) is 0 Å². The van der Waals surface area contributed by atoms with E-state index in [2.05, 4.69) is 5.32 Å². The van der Waals surface area contributed by atoms with Gasteiger partial charge in [0.05, 0.1) is 5.56 Å². The van der Waals surface area contributed by atoms with Gasteiger partial charge in [0.2, 0.25) is 0 Å². The number of amides is 2. The van der Waals surface area contributed by atoms with Crippen molar-refractivity contribution in [2.75, 3.05) is 6.54 Å². The molecule has 8 heteroatoms. The van der Waals surface area contributed by atoms with Crippen molar-refractivity contribution in [2.45, 2.75) is 37.9 Å². The van der Waals surface area contributed by atoms with Crippen molar-refractivity contribution in [2.24, 2.45) is 11.8 Å². The minimum absolute atomic E-state index is 0.0721. The van der Waals surface area contributed by atoms with Gasteiger partial charge in [-0.05, 0) is 49.3 Å². The van der Waals surface area contributed by atoms with E-state index in [9.17, 15) is 23.9 Å². The SMILES string of the molecule is O=C1NC2(CC[C@H]3C[C@H]32)n2c1c1c(c(O)c2=O)C(=O)N(Cc2ccc(F)cc2)CC1. The number of fused-ring (bicyclic) bond motifs is 6. The fraction of sp³-hybridized carbons (Fsp3) is 0.409. The summed E-state index contributed by atoms with van der Waals surface area (Å²) in [6, 6.07) is 5.84. The Kier molecular flexibility index (Phi) is 3.36. The summed E-state index contributed by atoms with van der Waals surface area (Å²) in [6.07, 6.45) is 2.94. The number of aromatic nitrogens is 1. The van der Waals surface area contributed by atoms with E-state index >= 15 is 0 Å². The molecule has 2 N–H and O–H groups in total. The molecule has 0 saturated heterocycles. The first-order chi connectivity index (χ1) is 14.4. The molecule has 154 valence electrons. The fourth-order valence-electron chi connectivity index (χ4n) is 5.76. The van der Waals surface area contributed by atoms with Crippen molar-refractivity contribution in [1.82, 2.24) is 14.8 Å². The molecule has 1 unspecified atom stereocenters. The lowest BCUT2D eigenvalue weighted by Gasteiger charge is -2.32. The number of halogens is 1. The molecular formula is C22H20FN3O4. The number of carbonyl (C=O) groups excluding carboxylic acids is 2. The van der Waals surface area contributed by atoms with Crippen LogP contribution >= 0.6 is 0 Å². The number of nitrogens with zero attached hydrogens (tertiary/aromatic N) is 2. The zero-order valence-electron chi connectivity index (χ0n) is 16.2. The predicted molar refractivity (Wildman–Crippen MR) is 103 cm³/mol. The van der Waals surface area contributed by atoms with E-state index < -0.39 is 22.9 Å². The van der Waals surface area contributed by atoms with Crippen LogP contribution in [-0.4, -0.2) is 32.9 Å². The average molecular weight is 409 g/mol. The lowest BCUT2D eigenvalue weighted by Crippen LogP contribution is -2.48. The summed E-state index contributed by atoms with van der Waals surface area (Å²) in [6.45, 7) is 0.580. The summed E-state index contributed by atoms with van der Waals surface area (Å²) in [7, 11) is 0. The number of hydrogen-bond donors (Lipinski definition) is 2.